The van der Waals surface area contributed by atoms with E-state index < -0.39 is 0 Å². The molecule has 0 aliphatic carbocycles. The minimum Gasteiger partial charge on any atom is -0.351 e. The number of hydrogen-bond donors (Lipinski definition) is 1. The summed E-state index contributed by atoms with van der Waals surface area (Å²) in [5.41, 5.74) is 4.40. The molecule has 0 atom stereocenters. The van der Waals surface area contributed by atoms with Crippen LogP contribution >= 0.6 is 0 Å². The summed E-state index contributed by atoms with van der Waals surface area (Å²) in [5.74, 6) is 0.724. The Labute approximate surface area is 150 Å². The maximum absolute atomic E-state index is 12.4. The molecule has 1 aromatic carbocycles. The normalized spacial score (nSPS) is 16.1. The largest absolute Gasteiger partial charge is 0.351 e. The first-order valence-electron chi connectivity index (χ1n) is 9.24. The van der Waals surface area contributed by atoms with Gasteiger partial charge >= 0.3 is 0 Å². The van der Waals surface area contributed by atoms with Crippen LogP contribution in [0.25, 0.3) is 0 Å². The Morgan fingerprint density at radius 1 is 1.16 bits per heavy atom. The summed E-state index contributed by atoms with van der Waals surface area (Å²) in [7, 11) is 2.00. The fraction of sp³-hybridized carbons (Fsp3) is 0.476. The molecule has 3 rings (SSSR count). The van der Waals surface area contributed by atoms with Crippen LogP contribution in [0.1, 0.15) is 46.1 Å². The van der Waals surface area contributed by atoms with Gasteiger partial charge in [0.1, 0.15) is 0 Å². The zero-order chi connectivity index (χ0) is 17.8. The first-order chi connectivity index (χ1) is 12.1. The zero-order valence-corrected chi connectivity index (χ0v) is 15.6. The molecule has 1 fully saturated rings. The SMILES string of the molecule is Cc1cc(C(=O)NCCN2CCC(c3ccccc3)CC2)c(C)n1C. The van der Waals surface area contributed by atoms with Crippen LogP contribution in [0.5, 0.6) is 0 Å². The van der Waals surface area contributed by atoms with Crippen LogP contribution in [0, 0.1) is 13.8 Å². The number of aryl methyl sites for hydroxylation is 1. The molecular weight excluding hydrogens is 310 g/mol. The van der Waals surface area contributed by atoms with Gasteiger partial charge in [0.2, 0.25) is 0 Å². The number of rotatable bonds is 5. The molecule has 0 spiro atoms. The molecule has 1 aromatic heterocycles. The second kappa shape index (κ2) is 7.87. The Balaban J connectivity index is 1.43. The second-order valence-corrected chi connectivity index (χ2v) is 7.13. The average molecular weight is 339 g/mol. The summed E-state index contributed by atoms with van der Waals surface area (Å²) in [5, 5.41) is 3.08. The number of benzene rings is 1. The predicted octanol–water partition coefficient (Wildman–Crippen LogP) is 3.25. The average Bonchev–Trinajstić information content (AvgIpc) is 2.90. The van der Waals surface area contributed by atoms with Crippen molar-refractivity contribution >= 4 is 5.91 Å². The fourth-order valence-corrected chi connectivity index (χ4v) is 3.72. The molecule has 134 valence electrons. The lowest BCUT2D eigenvalue weighted by atomic mass is 9.89. The molecule has 4 heteroatoms. The molecule has 0 unspecified atom stereocenters. The van der Waals surface area contributed by atoms with E-state index in [9.17, 15) is 4.79 Å². The number of likely N-dealkylation sites (tertiary alicyclic amines) is 1. The molecular formula is C21H29N3O. The van der Waals surface area contributed by atoms with Crippen LogP contribution in [-0.2, 0) is 7.05 Å². The maximum atomic E-state index is 12.4. The molecule has 1 amide bonds. The predicted molar refractivity (Wildman–Crippen MR) is 102 cm³/mol. The topological polar surface area (TPSA) is 37.3 Å². The van der Waals surface area contributed by atoms with E-state index in [4.69, 9.17) is 0 Å². The van der Waals surface area contributed by atoms with E-state index in [-0.39, 0.29) is 5.91 Å². The number of carbonyl (C=O) groups is 1. The van der Waals surface area contributed by atoms with E-state index >= 15 is 0 Å². The molecule has 25 heavy (non-hydrogen) atoms. The van der Waals surface area contributed by atoms with Crippen molar-refractivity contribution in [3.05, 3.63) is 58.9 Å². The van der Waals surface area contributed by atoms with Gasteiger partial charge in [-0.2, -0.15) is 0 Å². The molecule has 2 heterocycles. The first kappa shape index (κ1) is 17.7. The molecule has 0 saturated carbocycles. The van der Waals surface area contributed by atoms with E-state index in [0.717, 1.165) is 36.6 Å². The standard InChI is InChI=1S/C21H29N3O/c1-16-15-20(17(2)23(16)3)21(25)22-11-14-24-12-9-19(10-13-24)18-7-5-4-6-8-18/h4-8,15,19H,9-14H2,1-3H3,(H,22,25). The van der Waals surface area contributed by atoms with Crippen molar-refractivity contribution in [2.45, 2.75) is 32.6 Å². The van der Waals surface area contributed by atoms with Gasteiger partial charge in [-0.15, -0.1) is 0 Å². The molecule has 1 aliphatic heterocycles. The van der Waals surface area contributed by atoms with Gasteiger partial charge in [0.05, 0.1) is 5.56 Å². The number of aromatic nitrogens is 1. The number of hydrogen-bond acceptors (Lipinski definition) is 2. The summed E-state index contributed by atoms with van der Waals surface area (Å²) >= 11 is 0. The van der Waals surface area contributed by atoms with Gasteiger partial charge < -0.3 is 14.8 Å². The van der Waals surface area contributed by atoms with E-state index in [0.29, 0.717) is 12.5 Å². The summed E-state index contributed by atoms with van der Waals surface area (Å²) in [4.78, 5) is 14.8. The third kappa shape index (κ3) is 4.13. The lowest BCUT2D eigenvalue weighted by Gasteiger charge is -2.32. The van der Waals surface area contributed by atoms with Crippen LogP contribution in [0.15, 0.2) is 36.4 Å². The van der Waals surface area contributed by atoms with E-state index in [1.165, 1.54) is 18.4 Å². The summed E-state index contributed by atoms with van der Waals surface area (Å²) < 4.78 is 2.06. The van der Waals surface area contributed by atoms with Gasteiger partial charge in [-0.3, -0.25) is 4.79 Å². The Morgan fingerprint density at radius 3 is 2.44 bits per heavy atom. The van der Waals surface area contributed by atoms with Crippen LogP contribution in [0.4, 0.5) is 0 Å². The quantitative estimate of drug-likeness (QED) is 0.908. The summed E-state index contributed by atoms with van der Waals surface area (Å²) in [6.45, 7) is 7.88. The highest BCUT2D eigenvalue weighted by molar-refractivity contribution is 5.95. The lowest BCUT2D eigenvalue weighted by Crippen LogP contribution is -2.39. The highest BCUT2D eigenvalue weighted by Crippen LogP contribution is 2.27. The van der Waals surface area contributed by atoms with Gasteiger partial charge in [0.15, 0.2) is 0 Å². The van der Waals surface area contributed by atoms with E-state index in [1.54, 1.807) is 0 Å². The van der Waals surface area contributed by atoms with E-state index in [1.807, 2.05) is 27.0 Å². The number of piperidine rings is 1. The molecule has 1 saturated heterocycles. The van der Waals surface area contributed by atoms with Crippen LogP contribution < -0.4 is 5.32 Å². The third-order valence-electron chi connectivity index (χ3n) is 5.59. The van der Waals surface area contributed by atoms with Gasteiger partial charge in [-0.1, -0.05) is 30.3 Å². The molecule has 2 aromatic rings. The Kier molecular flexibility index (Phi) is 5.59. The van der Waals surface area contributed by atoms with Crippen molar-refractivity contribution in [3.8, 4) is 0 Å². The molecule has 1 aliphatic rings. The number of nitrogens with one attached hydrogen (secondary N) is 1. The number of amides is 1. The Morgan fingerprint density at radius 2 is 1.84 bits per heavy atom. The smallest absolute Gasteiger partial charge is 0.253 e. The Bertz CT molecular complexity index is 712. The number of nitrogens with zero attached hydrogens (tertiary/aromatic N) is 2. The van der Waals surface area contributed by atoms with Gasteiger partial charge in [-0.25, -0.2) is 0 Å². The van der Waals surface area contributed by atoms with Crippen molar-refractivity contribution in [2.24, 2.45) is 7.05 Å². The lowest BCUT2D eigenvalue weighted by molar-refractivity contribution is 0.0945. The minimum absolute atomic E-state index is 0.0420. The van der Waals surface area contributed by atoms with Crippen LogP contribution in [0.2, 0.25) is 0 Å². The van der Waals surface area contributed by atoms with Crippen molar-refractivity contribution < 1.29 is 4.79 Å². The van der Waals surface area contributed by atoms with Crippen molar-refractivity contribution in [3.63, 3.8) is 0 Å². The molecule has 0 bridgehead atoms. The van der Waals surface area contributed by atoms with E-state index in [2.05, 4.69) is 45.1 Å². The van der Waals surface area contributed by atoms with Crippen molar-refractivity contribution in [2.75, 3.05) is 26.2 Å². The molecule has 4 nitrogen and oxygen atoms in total. The fourth-order valence-electron chi connectivity index (χ4n) is 3.72. The first-order valence-corrected chi connectivity index (χ1v) is 9.24. The molecule has 1 N–H and O–H groups in total. The Hall–Kier alpha value is -2.07. The monoisotopic (exact) mass is 339 g/mol. The van der Waals surface area contributed by atoms with Gasteiger partial charge in [0, 0.05) is 31.5 Å². The van der Waals surface area contributed by atoms with Crippen molar-refractivity contribution in [1.29, 1.82) is 0 Å². The highest BCUT2D eigenvalue weighted by Gasteiger charge is 2.20. The maximum Gasteiger partial charge on any atom is 0.253 e. The van der Waals surface area contributed by atoms with Gasteiger partial charge in [-0.05, 0) is 57.3 Å². The third-order valence-corrected chi connectivity index (χ3v) is 5.59. The highest BCUT2D eigenvalue weighted by atomic mass is 16.1. The van der Waals surface area contributed by atoms with Crippen molar-refractivity contribution in [1.82, 2.24) is 14.8 Å². The minimum atomic E-state index is 0.0420. The molecule has 0 radical (unpaired) electrons. The van der Waals surface area contributed by atoms with Crippen LogP contribution in [0.3, 0.4) is 0 Å². The second-order valence-electron chi connectivity index (χ2n) is 7.13. The van der Waals surface area contributed by atoms with Crippen LogP contribution in [-0.4, -0.2) is 41.6 Å². The number of carbonyl (C=O) groups excluding carboxylic acids is 1. The summed E-state index contributed by atoms with van der Waals surface area (Å²) in [6.07, 6.45) is 2.41. The summed E-state index contributed by atoms with van der Waals surface area (Å²) in [6, 6.07) is 12.8. The zero-order valence-electron chi connectivity index (χ0n) is 15.6. The van der Waals surface area contributed by atoms with Gasteiger partial charge in [0.25, 0.3) is 5.91 Å².